The molecule has 5 rings (SSSR count). The molecular formula is C25H23FN6O2. The van der Waals surface area contributed by atoms with Crippen LogP contribution in [0.15, 0.2) is 65.9 Å². The largest absolute Gasteiger partial charge is 0.424 e. The van der Waals surface area contributed by atoms with Gasteiger partial charge >= 0.3 is 6.01 Å². The van der Waals surface area contributed by atoms with E-state index in [1.807, 2.05) is 37.3 Å². The molecule has 172 valence electrons. The number of ether oxygens (including phenoxy) is 2. The van der Waals surface area contributed by atoms with E-state index < -0.39 is 5.82 Å². The molecule has 1 N–H and O–H groups in total. The Hall–Kier alpha value is -4.11. The Morgan fingerprint density at radius 1 is 1.09 bits per heavy atom. The Morgan fingerprint density at radius 3 is 2.82 bits per heavy atom. The first kappa shape index (κ1) is 21.7. The number of rotatable bonds is 6. The number of hydrogen-bond donors (Lipinski definition) is 1. The second-order valence-electron chi connectivity index (χ2n) is 7.89. The van der Waals surface area contributed by atoms with Crippen LogP contribution in [-0.2, 0) is 4.74 Å². The van der Waals surface area contributed by atoms with Gasteiger partial charge in [0.25, 0.3) is 0 Å². The molecule has 34 heavy (non-hydrogen) atoms. The first-order chi connectivity index (χ1) is 16.6. The van der Waals surface area contributed by atoms with Crippen molar-refractivity contribution in [1.29, 1.82) is 0 Å². The van der Waals surface area contributed by atoms with Gasteiger partial charge in [0, 0.05) is 24.5 Å². The minimum absolute atomic E-state index is 0.154. The Bertz CT molecular complexity index is 1340. The topological polar surface area (TPSA) is 84.8 Å². The zero-order valence-corrected chi connectivity index (χ0v) is 18.6. The predicted octanol–water partition coefficient (Wildman–Crippen LogP) is 4.55. The lowest BCUT2D eigenvalue weighted by atomic mass is 10.2. The standard InChI is InChI=1S/C25H23FN6O2/c1-17-3-2-4-18(11-17)15-28-31-23-14-24(32-7-9-33-10-8-32)30-25(29-23)34-21-5-6-22-19(13-21)12-20(26)16-27-22/h2-6,11-16H,7-10H2,1H3,(H,29,30,31). The van der Waals surface area contributed by atoms with Gasteiger partial charge in [-0.1, -0.05) is 29.8 Å². The molecule has 0 aliphatic carbocycles. The van der Waals surface area contributed by atoms with Crippen LogP contribution in [0.4, 0.5) is 16.0 Å². The molecular weight excluding hydrogens is 435 g/mol. The van der Waals surface area contributed by atoms with Gasteiger partial charge < -0.3 is 14.4 Å². The number of anilines is 2. The van der Waals surface area contributed by atoms with E-state index in [-0.39, 0.29) is 6.01 Å². The fraction of sp³-hybridized carbons (Fsp3) is 0.200. The van der Waals surface area contributed by atoms with Crippen LogP contribution >= 0.6 is 0 Å². The van der Waals surface area contributed by atoms with E-state index >= 15 is 0 Å². The van der Waals surface area contributed by atoms with Crippen LogP contribution < -0.4 is 15.1 Å². The highest BCUT2D eigenvalue weighted by atomic mass is 19.1. The van der Waals surface area contributed by atoms with Crippen LogP contribution in [0.25, 0.3) is 10.9 Å². The SMILES string of the molecule is Cc1cccc(C=NNc2cc(N3CCOCC3)nc(Oc3ccc4ncc(F)cc4c3)n2)c1. The lowest BCUT2D eigenvalue weighted by Crippen LogP contribution is -2.36. The van der Waals surface area contributed by atoms with Gasteiger partial charge in [0.1, 0.15) is 17.4 Å². The Kier molecular flexibility index (Phi) is 6.26. The van der Waals surface area contributed by atoms with E-state index in [2.05, 4.69) is 30.4 Å². The monoisotopic (exact) mass is 458 g/mol. The molecule has 0 saturated carbocycles. The highest BCUT2D eigenvalue weighted by Crippen LogP contribution is 2.27. The van der Waals surface area contributed by atoms with E-state index in [1.165, 1.54) is 12.3 Å². The molecule has 2 aromatic carbocycles. The number of nitrogens with zero attached hydrogens (tertiary/aromatic N) is 5. The van der Waals surface area contributed by atoms with E-state index in [4.69, 9.17) is 9.47 Å². The third kappa shape index (κ3) is 5.26. The number of aryl methyl sites for hydroxylation is 1. The van der Waals surface area contributed by atoms with E-state index in [1.54, 1.807) is 24.4 Å². The minimum Gasteiger partial charge on any atom is -0.424 e. The van der Waals surface area contributed by atoms with Gasteiger partial charge in [-0.3, -0.25) is 10.4 Å². The Balaban J connectivity index is 1.42. The Morgan fingerprint density at radius 2 is 1.97 bits per heavy atom. The third-order valence-corrected chi connectivity index (χ3v) is 5.29. The number of pyridine rings is 1. The summed E-state index contributed by atoms with van der Waals surface area (Å²) >= 11 is 0. The van der Waals surface area contributed by atoms with Crippen molar-refractivity contribution in [2.45, 2.75) is 6.92 Å². The number of morpholine rings is 1. The normalized spacial score (nSPS) is 14.0. The molecule has 0 unspecified atom stereocenters. The summed E-state index contributed by atoms with van der Waals surface area (Å²) in [6.07, 6.45) is 2.92. The van der Waals surface area contributed by atoms with Gasteiger partial charge in [-0.2, -0.15) is 15.1 Å². The van der Waals surface area contributed by atoms with Crippen LogP contribution in [0.5, 0.6) is 11.8 Å². The van der Waals surface area contributed by atoms with Crippen molar-refractivity contribution in [3.05, 3.63) is 77.7 Å². The number of fused-ring (bicyclic) bond motifs is 1. The first-order valence-corrected chi connectivity index (χ1v) is 10.9. The maximum Gasteiger partial charge on any atom is 0.325 e. The second-order valence-corrected chi connectivity index (χ2v) is 7.89. The predicted molar refractivity (Wildman–Crippen MR) is 129 cm³/mol. The molecule has 0 amide bonds. The van der Waals surface area contributed by atoms with Crippen molar-refractivity contribution in [3.63, 3.8) is 0 Å². The summed E-state index contributed by atoms with van der Waals surface area (Å²) in [5.41, 5.74) is 5.78. The highest BCUT2D eigenvalue weighted by molar-refractivity contribution is 5.81. The van der Waals surface area contributed by atoms with Crippen molar-refractivity contribution >= 4 is 28.8 Å². The molecule has 1 fully saturated rings. The van der Waals surface area contributed by atoms with Crippen molar-refractivity contribution in [2.75, 3.05) is 36.6 Å². The first-order valence-electron chi connectivity index (χ1n) is 10.9. The fourth-order valence-corrected chi connectivity index (χ4v) is 3.65. The smallest absolute Gasteiger partial charge is 0.325 e. The van der Waals surface area contributed by atoms with Crippen LogP contribution in [0.3, 0.4) is 0 Å². The molecule has 1 aliphatic rings. The van der Waals surface area contributed by atoms with Gasteiger partial charge in [0.15, 0.2) is 5.82 Å². The summed E-state index contributed by atoms with van der Waals surface area (Å²) in [7, 11) is 0. The molecule has 0 bridgehead atoms. The summed E-state index contributed by atoms with van der Waals surface area (Å²) in [4.78, 5) is 15.2. The summed E-state index contributed by atoms with van der Waals surface area (Å²) in [6.45, 7) is 4.70. The van der Waals surface area contributed by atoms with Crippen LogP contribution in [0.2, 0.25) is 0 Å². The minimum atomic E-state index is -0.409. The molecule has 3 heterocycles. The van der Waals surface area contributed by atoms with Gasteiger partial charge in [-0.25, -0.2) is 4.39 Å². The molecule has 1 saturated heterocycles. The lowest BCUT2D eigenvalue weighted by molar-refractivity contribution is 0.122. The molecule has 0 atom stereocenters. The summed E-state index contributed by atoms with van der Waals surface area (Å²) in [5.74, 6) is 1.26. The van der Waals surface area contributed by atoms with Crippen molar-refractivity contribution in [3.8, 4) is 11.8 Å². The van der Waals surface area contributed by atoms with E-state index in [0.29, 0.717) is 54.6 Å². The molecule has 0 radical (unpaired) electrons. The summed E-state index contributed by atoms with van der Waals surface area (Å²) in [6, 6.07) is 16.6. The maximum atomic E-state index is 13.6. The van der Waals surface area contributed by atoms with Crippen LogP contribution in [0.1, 0.15) is 11.1 Å². The molecule has 4 aromatic rings. The van der Waals surface area contributed by atoms with Gasteiger partial charge in [0.2, 0.25) is 0 Å². The highest BCUT2D eigenvalue weighted by Gasteiger charge is 2.16. The number of aromatic nitrogens is 3. The zero-order valence-electron chi connectivity index (χ0n) is 18.6. The summed E-state index contributed by atoms with van der Waals surface area (Å²) in [5, 5.41) is 4.95. The third-order valence-electron chi connectivity index (χ3n) is 5.29. The van der Waals surface area contributed by atoms with Crippen LogP contribution in [-0.4, -0.2) is 47.5 Å². The fourth-order valence-electron chi connectivity index (χ4n) is 3.65. The molecule has 0 spiro atoms. The molecule has 8 nitrogen and oxygen atoms in total. The molecule has 2 aromatic heterocycles. The summed E-state index contributed by atoms with van der Waals surface area (Å²) < 4.78 is 25.0. The van der Waals surface area contributed by atoms with E-state index in [9.17, 15) is 4.39 Å². The average Bonchev–Trinajstić information content (AvgIpc) is 2.84. The van der Waals surface area contributed by atoms with Crippen LogP contribution in [0, 0.1) is 12.7 Å². The number of benzene rings is 2. The van der Waals surface area contributed by atoms with Crippen molar-refractivity contribution in [2.24, 2.45) is 5.10 Å². The zero-order chi connectivity index (χ0) is 23.3. The number of hydrazone groups is 1. The van der Waals surface area contributed by atoms with Gasteiger partial charge in [-0.05, 0) is 36.8 Å². The lowest BCUT2D eigenvalue weighted by Gasteiger charge is -2.28. The van der Waals surface area contributed by atoms with Gasteiger partial charge in [0.05, 0.1) is 31.1 Å². The number of hydrogen-bond acceptors (Lipinski definition) is 8. The van der Waals surface area contributed by atoms with Gasteiger partial charge in [-0.15, -0.1) is 0 Å². The van der Waals surface area contributed by atoms with E-state index in [0.717, 1.165) is 11.1 Å². The second kappa shape index (κ2) is 9.80. The molecule has 9 heteroatoms. The molecule has 1 aliphatic heterocycles. The van der Waals surface area contributed by atoms with Crippen molar-refractivity contribution < 1.29 is 13.9 Å². The number of halogens is 1. The Labute approximate surface area is 196 Å². The average molecular weight is 458 g/mol. The van der Waals surface area contributed by atoms with Crippen molar-refractivity contribution in [1.82, 2.24) is 15.0 Å². The maximum absolute atomic E-state index is 13.6. The number of nitrogens with one attached hydrogen (secondary N) is 1. The quantitative estimate of drug-likeness (QED) is 0.335.